The van der Waals surface area contributed by atoms with E-state index < -0.39 is 23.6 Å². The number of carboxylic acids is 1. The van der Waals surface area contributed by atoms with Crippen molar-refractivity contribution in [1.29, 1.82) is 5.26 Å². The van der Waals surface area contributed by atoms with Crippen LogP contribution in [0.15, 0.2) is 11.1 Å². The van der Waals surface area contributed by atoms with Crippen LogP contribution in [0.2, 0.25) is 0 Å². The average molecular weight is 276 g/mol. The molecule has 0 aliphatic carbocycles. The molecule has 0 spiro atoms. The molecule has 0 fully saturated rings. The first-order valence-corrected chi connectivity index (χ1v) is 5.57. The lowest BCUT2D eigenvalue weighted by atomic mass is 10.1. The summed E-state index contributed by atoms with van der Waals surface area (Å²) < 4.78 is 37.5. The van der Waals surface area contributed by atoms with Gasteiger partial charge >= 0.3 is 12.1 Å². The van der Waals surface area contributed by atoms with E-state index in [1.165, 1.54) is 6.92 Å². The number of rotatable bonds is 3. The number of carbonyl (C=O) groups is 1. The highest BCUT2D eigenvalue weighted by molar-refractivity contribution is 7.99. The Bertz CT molecular complexity index is 523. The third-order valence-corrected chi connectivity index (χ3v) is 2.88. The van der Waals surface area contributed by atoms with Crippen molar-refractivity contribution in [3.05, 3.63) is 22.9 Å². The lowest BCUT2D eigenvalue weighted by Crippen LogP contribution is -2.11. The minimum Gasteiger partial charge on any atom is -0.481 e. The van der Waals surface area contributed by atoms with Crippen molar-refractivity contribution in [3.8, 4) is 6.07 Å². The van der Waals surface area contributed by atoms with Gasteiger partial charge in [-0.1, -0.05) is 11.8 Å². The predicted molar refractivity (Wildman–Crippen MR) is 57.1 cm³/mol. The quantitative estimate of drug-likeness (QED) is 0.858. The van der Waals surface area contributed by atoms with Gasteiger partial charge in [0.1, 0.15) is 16.8 Å². The van der Waals surface area contributed by atoms with Crippen LogP contribution in [0.4, 0.5) is 13.2 Å². The maximum Gasteiger partial charge on any atom is 0.433 e. The van der Waals surface area contributed by atoms with E-state index in [4.69, 9.17) is 10.4 Å². The maximum atomic E-state index is 12.5. The van der Waals surface area contributed by atoms with Gasteiger partial charge in [-0.15, -0.1) is 0 Å². The zero-order chi connectivity index (χ0) is 13.9. The number of hydrogen-bond acceptors (Lipinski definition) is 4. The summed E-state index contributed by atoms with van der Waals surface area (Å²) in [4.78, 5) is 13.7. The maximum absolute atomic E-state index is 12.5. The van der Waals surface area contributed by atoms with E-state index in [-0.39, 0.29) is 16.2 Å². The van der Waals surface area contributed by atoms with E-state index in [1.807, 2.05) is 0 Å². The van der Waals surface area contributed by atoms with E-state index in [1.54, 1.807) is 6.07 Å². The Hall–Kier alpha value is -1.75. The monoisotopic (exact) mass is 276 g/mol. The molecule has 0 saturated heterocycles. The first-order chi connectivity index (χ1) is 8.25. The summed E-state index contributed by atoms with van der Waals surface area (Å²) in [5.74, 6) is -1.65. The Labute approximate surface area is 104 Å². The third-order valence-electron chi connectivity index (χ3n) is 1.92. The zero-order valence-corrected chi connectivity index (χ0v) is 9.89. The van der Waals surface area contributed by atoms with Gasteiger partial charge in [-0.05, 0) is 18.6 Å². The first kappa shape index (κ1) is 14.3. The van der Waals surface area contributed by atoms with Gasteiger partial charge in [0.2, 0.25) is 0 Å². The molecule has 0 radical (unpaired) electrons. The number of nitriles is 1. The van der Waals surface area contributed by atoms with Crippen molar-refractivity contribution in [2.24, 2.45) is 0 Å². The summed E-state index contributed by atoms with van der Waals surface area (Å²) in [6.45, 7) is 1.35. The fourth-order valence-corrected chi connectivity index (χ4v) is 1.93. The molecule has 96 valence electrons. The molecule has 1 aromatic rings. The van der Waals surface area contributed by atoms with Crippen molar-refractivity contribution in [2.75, 3.05) is 5.75 Å². The molecule has 0 amide bonds. The highest BCUT2D eigenvalue weighted by Crippen LogP contribution is 2.32. The molecule has 1 heterocycles. The number of aromatic nitrogens is 1. The van der Waals surface area contributed by atoms with Crippen molar-refractivity contribution >= 4 is 17.7 Å². The number of nitrogens with zero attached hydrogens (tertiary/aromatic N) is 2. The molecule has 0 saturated carbocycles. The smallest absolute Gasteiger partial charge is 0.433 e. The van der Waals surface area contributed by atoms with Gasteiger partial charge in [0.05, 0.1) is 11.3 Å². The fourth-order valence-electron chi connectivity index (χ4n) is 1.16. The van der Waals surface area contributed by atoms with Gasteiger partial charge < -0.3 is 5.11 Å². The predicted octanol–water partition coefficient (Wildman–Crippen LogP) is 2.46. The topological polar surface area (TPSA) is 74.0 Å². The standard InChI is InChI=1S/C10H7F3N2O2S/c1-5-2-7(10(11,12)13)15-9(6(5)3-14)18-4-8(16)17/h2H,4H2,1H3,(H,16,17). The molecule has 0 aliphatic heterocycles. The average Bonchev–Trinajstić information content (AvgIpc) is 2.24. The number of carboxylic acid groups (broad SMARTS) is 1. The number of alkyl halides is 3. The van der Waals surface area contributed by atoms with Gasteiger partial charge in [0, 0.05) is 0 Å². The highest BCUT2D eigenvalue weighted by Gasteiger charge is 2.33. The van der Waals surface area contributed by atoms with Gasteiger partial charge in [0.25, 0.3) is 0 Å². The van der Waals surface area contributed by atoms with Crippen LogP contribution >= 0.6 is 11.8 Å². The Morgan fingerprint density at radius 3 is 2.67 bits per heavy atom. The third kappa shape index (κ3) is 3.37. The van der Waals surface area contributed by atoms with Crippen LogP contribution in [-0.4, -0.2) is 21.8 Å². The summed E-state index contributed by atoms with van der Waals surface area (Å²) in [6, 6.07) is 2.49. The minimum atomic E-state index is -4.63. The van der Waals surface area contributed by atoms with Gasteiger partial charge in [-0.2, -0.15) is 18.4 Å². The van der Waals surface area contributed by atoms with Crippen molar-refractivity contribution in [1.82, 2.24) is 4.98 Å². The van der Waals surface area contributed by atoms with E-state index >= 15 is 0 Å². The molecule has 1 rings (SSSR count). The second-order valence-corrected chi connectivity index (χ2v) is 4.26. The van der Waals surface area contributed by atoms with Crippen LogP contribution in [-0.2, 0) is 11.0 Å². The van der Waals surface area contributed by atoms with E-state index in [0.717, 1.165) is 6.07 Å². The van der Waals surface area contributed by atoms with Crippen molar-refractivity contribution < 1.29 is 23.1 Å². The van der Waals surface area contributed by atoms with E-state index in [0.29, 0.717) is 11.8 Å². The summed E-state index contributed by atoms with van der Waals surface area (Å²) in [6.07, 6.45) is -4.63. The number of hydrogen-bond donors (Lipinski definition) is 1. The molecule has 0 unspecified atom stereocenters. The normalized spacial score (nSPS) is 11.1. The number of aryl methyl sites for hydroxylation is 1. The lowest BCUT2D eigenvalue weighted by Gasteiger charge is -2.10. The van der Waals surface area contributed by atoms with Crippen LogP contribution in [0, 0.1) is 18.3 Å². The lowest BCUT2D eigenvalue weighted by molar-refractivity contribution is -0.141. The van der Waals surface area contributed by atoms with Gasteiger partial charge in [0.15, 0.2) is 0 Å². The molecule has 0 aliphatic rings. The van der Waals surface area contributed by atoms with Crippen molar-refractivity contribution in [3.63, 3.8) is 0 Å². The summed E-state index contributed by atoms with van der Waals surface area (Å²) >= 11 is 0.591. The molecular formula is C10H7F3N2O2S. The molecule has 0 bridgehead atoms. The highest BCUT2D eigenvalue weighted by atomic mass is 32.2. The largest absolute Gasteiger partial charge is 0.481 e. The van der Waals surface area contributed by atoms with E-state index in [9.17, 15) is 18.0 Å². The number of halogens is 3. The van der Waals surface area contributed by atoms with Crippen LogP contribution in [0.3, 0.4) is 0 Å². The second-order valence-electron chi connectivity index (χ2n) is 3.30. The molecule has 1 N–H and O–H groups in total. The minimum absolute atomic E-state index is 0.0331. The summed E-state index contributed by atoms with van der Waals surface area (Å²) in [7, 11) is 0. The van der Waals surface area contributed by atoms with Crippen molar-refractivity contribution in [2.45, 2.75) is 18.1 Å². The van der Waals surface area contributed by atoms with Crippen LogP contribution in [0.1, 0.15) is 16.8 Å². The van der Waals surface area contributed by atoms with E-state index in [2.05, 4.69) is 4.98 Å². The molecular weight excluding hydrogens is 269 g/mol. The Kier molecular flexibility index (Phi) is 4.19. The molecule has 8 heteroatoms. The SMILES string of the molecule is Cc1cc(C(F)(F)F)nc(SCC(=O)O)c1C#N. The van der Waals surface area contributed by atoms with Crippen LogP contribution in [0.25, 0.3) is 0 Å². The summed E-state index contributed by atoms with van der Waals surface area (Å²) in [5, 5.41) is 17.1. The Balaban J connectivity index is 3.25. The molecule has 1 aromatic heterocycles. The van der Waals surface area contributed by atoms with Gasteiger partial charge in [-0.25, -0.2) is 4.98 Å². The number of thioether (sulfide) groups is 1. The number of pyridine rings is 1. The van der Waals surface area contributed by atoms with Crippen LogP contribution in [0.5, 0.6) is 0 Å². The molecule has 0 atom stereocenters. The van der Waals surface area contributed by atoms with Crippen LogP contribution < -0.4 is 0 Å². The van der Waals surface area contributed by atoms with Gasteiger partial charge in [-0.3, -0.25) is 4.79 Å². The Morgan fingerprint density at radius 1 is 1.61 bits per heavy atom. The fraction of sp³-hybridized carbons (Fsp3) is 0.300. The number of aliphatic carboxylic acids is 1. The summed E-state index contributed by atoms with van der Waals surface area (Å²) in [5.41, 5.74) is -1.05. The Morgan fingerprint density at radius 2 is 2.22 bits per heavy atom. The molecule has 4 nitrogen and oxygen atoms in total. The zero-order valence-electron chi connectivity index (χ0n) is 9.08. The molecule has 0 aromatic carbocycles. The first-order valence-electron chi connectivity index (χ1n) is 4.59. The second kappa shape index (κ2) is 5.27. The molecule has 18 heavy (non-hydrogen) atoms.